The lowest BCUT2D eigenvalue weighted by molar-refractivity contribution is -0.136. The number of hydrogen-bond acceptors (Lipinski definition) is 4. The highest BCUT2D eigenvalue weighted by molar-refractivity contribution is 6.30. The van der Waals surface area contributed by atoms with E-state index in [2.05, 4.69) is 41.3 Å². The van der Waals surface area contributed by atoms with E-state index in [-0.39, 0.29) is 28.6 Å². The van der Waals surface area contributed by atoms with Crippen molar-refractivity contribution in [2.75, 3.05) is 18.4 Å². The standard InChI is InChI=1S/C22H28Cl2N4O/c1-14(2)19(26-18-9-11-25-21(24)27-18)20(29)28-12-10-17(22(3,4)13-28)15-5-7-16(23)8-6-15/h5-9,11,14,17,19H,10,12-13H2,1-4H3,(H,25,26,27)/t17?,19-/m1/s1. The van der Waals surface area contributed by atoms with Gasteiger partial charge in [0.15, 0.2) is 0 Å². The smallest absolute Gasteiger partial charge is 0.245 e. The summed E-state index contributed by atoms with van der Waals surface area (Å²) in [5, 5.41) is 4.16. The minimum atomic E-state index is -0.371. The molecular formula is C22H28Cl2N4O. The topological polar surface area (TPSA) is 58.1 Å². The molecule has 1 saturated heterocycles. The minimum absolute atomic E-state index is 0.0402. The Morgan fingerprint density at radius 1 is 1.21 bits per heavy atom. The lowest BCUT2D eigenvalue weighted by Crippen LogP contribution is -2.53. The zero-order chi connectivity index (χ0) is 21.2. The molecule has 2 atom stereocenters. The van der Waals surface area contributed by atoms with Crippen molar-refractivity contribution in [2.24, 2.45) is 11.3 Å². The number of rotatable bonds is 5. The van der Waals surface area contributed by atoms with Crippen molar-refractivity contribution in [3.63, 3.8) is 0 Å². The van der Waals surface area contributed by atoms with Crippen molar-refractivity contribution >= 4 is 34.9 Å². The second kappa shape index (κ2) is 8.88. The number of aromatic nitrogens is 2. The van der Waals surface area contributed by atoms with Crippen LogP contribution in [0.5, 0.6) is 0 Å². The molecule has 7 heteroatoms. The number of halogens is 2. The minimum Gasteiger partial charge on any atom is -0.358 e. The molecule has 0 saturated carbocycles. The summed E-state index contributed by atoms with van der Waals surface area (Å²) in [4.78, 5) is 23.4. The monoisotopic (exact) mass is 434 g/mol. The van der Waals surface area contributed by atoms with Gasteiger partial charge >= 0.3 is 0 Å². The molecule has 1 aliphatic heterocycles. The van der Waals surface area contributed by atoms with Crippen molar-refractivity contribution in [3.05, 3.63) is 52.4 Å². The molecule has 2 aromatic rings. The third kappa shape index (κ3) is 5.20. The molecule has 1 aromatic heterocycles. The van der Waals surface area contributed by atoms with E-state index in [1.165, 1.54) is 5.56 Å². The first-order valence-electron chi connectivity index (χ1n) is 9.97. The summed E-state index contributed by atoms with van der Waals surface area (Å²) in [5.74, 6) is 1.15. The van der Waals surface area contributed by atoms with Gasteiger partial charge in [-0.25, -0.2) is 9.97 Å². The number of likely N-dealkylation sites (tertiary alicyclic amines) is 1. The van der Waals surface area contributed by atoms with Crippen LogP contribution in [0, 0.1) is 11.3 Å². The highest BCUT2D eigenvalue weighted by Crippen LogP contribution is 2.42. The van der Waals surface area contributed by atoms with E-state index in [1.54, 1.807) is 12.3 Å². The molecular weight excluding hydrogens is 407 g/mol. The average molecular weight is 435 g/mol. The summed E-state index contributed by atoms with van der Waals surface area (Å²) in [5.41, 5.74) is 1.24. The normalized spacial score (nSPS) is 19.8. The third-order valence-electron chi connectivity index (χ3n) is 5.68. The molecule has 0 aliphatic carbocycles. The van der Waals surface area contributed by atoms with Crippen LogP contribution in [0.4, 0.5) is 5.82 Å². The number of benzene rings is 1. The number of piperidine rings is 1. The van der Waals surface area contributed by atoms with Crippen LogP contribution in [-0.2, 0) is 4.79 Å². The van der Waals surface area contributed by atoms with E-state index in [9.17, 15) is 4.79 Å². The van der Waals surface area contributed by atoms with E-state index in [4.69, 9.17) is 23.2 Å². The van der Waals surface area contributed by atoms with Gasteiger partial charge in [0.05, 0.1) is 0 Å². The number of carbonyl (C=O) groups excluding carboxylic acids is 1. The second-order valence-corrected chi connectivity index (χ2v) is 9.49. The SMILES string of the molecule is CC(C)[C@@H](Nc1ccnc(Cl)n1)C(=O)N1CCC(c2ccc(Cl)cc2)C(C)(C)C1. The summed E-state index contributed by atoms with van der Waals surface area (Å²) in [6.45, 7) is 9.95. The first-order chi connectivity index (χ1) is 13.7. The first kappa shape index (κ1) is 21.8. The average Bonchev–Trinajstić information content (AvgIpc) is 2.65. The van der Waals surface area contributed by atoms with Crippen molar-refractivity contribution in [3.8, 4) is 0 Å². The number of anilines is 1. The summed E-state index contributed by atoms with van der Waals surface area (Å²) >= 11 is 11.9. The molecule has 1 N–H and O–H groups in total. The van der Waals surface area contributed by atoms with Crippen LogP contribution in [0.1, 0.15) is 45.6 Å². The van der Waals surface area contributed by atoms with Gasteiger partial charge in [0.2, 0.25) is 11.2 Å². The van der Waals surface area contributed by atoms with Crippen LogP contribution in [0.25, 0.3) is 0 Å². The zero-order valence-corrected chi connectivity index (χ0v) is 18.8. The van der Waals surface area contributed by atoms with E-state index >= 15 is 0 Å². The zero-order valence-electron chi connectivity index (χ0n) is 17.3. The maximum absolute atomic E-state index is 13.4. The van der Waals surface area contributed by atoms with E-state index < -0.39 is 0 Å². The van der Waals surface area contributed by atoms with Gasteiger partial charge in [0.1, 0.15) is 11.9 Å². The summed E-state index contributed by atoms with van der Waals surface area (Å²) in [6.07, 6.45) is 2.50. The molecule has 1 amide bonds. The molecule has 29 heavy (non-hydrogen) atoms. The Hall–Kier alpha value is -1.85. The molecule has 5 nitrogen and oxygen atoms in total. The molecule has 156 valence electrons. The number of amides is 1. The predicted octanol–water partition coefficient (Wildman–Crippen LogP) is 5.26. The van der Waals surface area contributed by atoms with Gasteiger partial charge in [-0.1, -0.05) is 51.4 Å². The lowest BCUT2D eigenvalue weighted by Gasteiger charge is -2.45. The van der Waals surface area contributed by atoms with Gasteiger partial charge in [-0.15, -0.1) is 0 Å². The van der Waals surface area contributed by atoms with Crippen molar-refractivity contribution < 1.29 is 4.79 Å². The molecule has 0 spiro atoms. The van der Waals surface area contributed by atoms with Gasteiger partial charge in [0.25, 0.3) is 0 Å². The number of nitrogens with zero attached hydrogens (tertiary/aromatic N) is 3. The fraction of sp³-hybridized carbons (Fsp3) is 0.500. The summed E-state index contributed by atoms with van der Waals surface area (Å²) in [7, 11) is 0. The lowest BCUT2D eigenvalue weighted by atomic mass is 9.70. The molecule has 1 unspecified atom stereocenters. The van der Waals surface area contributed by atoms with Crippen LogP contribution in [0.3, 0.4) is 0 Å². The van der Waals surface area contributed by atoms with Crippen LogP contribution in [0.15, 0.2) is 36.5 Å². The molecule has 0 radical (unpaired) electrons. The Kier molecular flexibility index (Phi) is 6.69. The highest BCUT2D eigenvalue weighted by atomic mass is 35.5. The molecule has 2 heterocycles. The molecule has 1 aliphatic rings. The van der Waals surface area contributed by atoms with E-state index in [0.717, 1.165) is 18.0 Å². The number of hydrogen-bond donors (Lipinski definition) is 1. The summed E-state index contributed by atoms with van der Waals surface area (Å²) < 4.78 is 0. The van der Waals surface area contributed by atoms with Crippen LogP contribution in [0.2, 0.25) is 10.3 Å². The molecule has 1 aromatic carbocycles. The van der Waals surface area contributed by atoms with Crippen LogP contribution >= 0.6 is 23.2 Å². The fourth-order valence-electron chi connectivity index (χ4n) is 4.14. The van der Waals surface area contributed by atoms with E-state index in [0.29, 0.717) is 18.3 Å². The first-order valence-corrected chi connectivity index (χ1v) is 10.7. The van der Waals surface area contributed by atoms with Gasteiger partial charge in [-0.2, -0.15) is 0 Å². The summed E-state index contributed by atoms with van der Waals surface area (Å²) in [6, 6.07) is 9.44. The third-order valence-corrected chi connectivity index (χ3v) is 6.11. The molecule has 0 bridgehead atoms. The van der Waals surface area contributed by atoms with Crippen LogP contribution in [-0.4, -0.2) is 39.9 Å². The molecule has 3 rings (SSSR count). The second-order valence-electron chi connectivity index (χ2n) is 8.72. The van der Waals surface area contributed by atoms with Crippen LogP contribution < -0.4 is 5.32 Å². The quantitative estimate of drug-likeness (QED) is 0.651. The molecule has 1 fully saturated rings. The Balaban J connectivity index is 1.74. The number of nitrogens with one attached hydrogen (secondary N) is 1. The Morgan fingerprint density at radius 2 is 1.90 bits per heavy atom. The number of carbonyl (C=O) groups is 1. The van der Waals surface area contributed by atoms with Crippen molar-refractivity contribution in [1.29, 1.82) is 0 Å². The Bertz CT molecular complexity index is 854. The largest absolute Gasteiger partial charge is 0.358 e. The maximum Gasteiger partial charge on any atom is 0.245 e. The highest BCUT2D eigenvalue weighted by Gasteiger charge is 2.40. The Morgan fingerprint density at radius 3 is 2.48 bits per heavy atom. The van der Waals surface area contributed by atoms with Gasteiger partial charge < -0.3 is 10.2 Å². The van der Waals surface area contributed by atoms with Gasteiger partial charge in [0, 0.05) is 24.3 Å². The van der Waals surface area contributed by atoms with Crippen molar-refractivity contribution in [1.82, 2.24) is 14.9 Å². The maximum atomic E-state index is 13.4. The van der Waals surface area contributed by atoms with Crippen molar-refractivity contribution in [2.45, 2.75) is 46.1 Å². The van der Waals surface area contributed by atoms with Gasteiger partial charge in [-0.3, -0.25) is 4.79 Å². The predicted molar refractivity (Wildman–Crippen MR) is 118 cm³/mol. The Labute approximate surface area is 182 Å². The van der Waals surface area contributed by atoms with E-state index in [1.807, 2.05) is 30.9 Å². The van der Waals surface area contributed by atoms with Gasteiger partial charge in [-0.05, 0) is 59.0 Å². The fourth-order valence-corrected chi connectivity index (χ4v) is 4.42.